The SMILES string of the molecule is CC(O)(c1c[nH]c2cc(Br)ccc12)C(F)(F)F. The van der Waals surface area contributed by atoms with Gasteiger partial charge in [0.1, 0.15) is 0 Å². The lowest BCUT2D eigenvalue weighted by Gasteiger charge is -2.25. The minimum absolute atomic E-state index is 0.174. The number of H-pyrrole nitrogens is 1. The van der Waals surface area contributed by atoms with Crippen molar-refractivity contribution in [2.24, 2.45) is 0 Å². The fourth-order valence-corrected chi connectivity index (χ4v) is 2.01. The fourth-order valence-electron chi connectivity index (χ4n) is 1.65. The van der Waals surface area contributed by atoms with Gasteiger partial charge in [-0.05, 0) is 19.1 Å². The molecule has 2 rings (SSSR count). The molecule has 17 heavy (non-hydrogen) atoms. The lowest BCUT2D eigenvalue weighted by atomic mass is 9.95. The molecule has 2 N–H and O–H groups in total. The molecule has 6 heteroatoms. The van der Waals surface area contributed by atoms with Gasteiger partial charge >= 0.3 is 6.18 Å². The minimum atomic E-state index is -4.71. The van der Waals surface area contributed by atoms with Crippen molar-refractivity contribution in [2.75, 3.05) is 0 Å². The van der Waals surface area contributed by atoms with Gasteiger partial charge in [-0.3, -0.25) is 0 Å². The number of benzene rings is 1. The van der Waals surface area contributed by atoms with Crippen molar-refractivity contribution in [3.8, 4) is 0 Å². The van der Waals surface area contributed by atoms with E-state index in [1.807, 2.05) is 0 Å². The molecule has 0 radical (unpaired) electrons. The molecular formula is C11H9BrF3NO. The molecule has 1 unspecified atom stereocenters. The number of aromatic nitrogens is 1. The fraction of sp³-hybridized carbons (Fsp3) is 0.273. The second-order valence-corrected chi connectivity index (χ2v) is 4.88. The first-order chi connectivity index (χ1) is 7.73. The molecule has 0 spiro atoms. The van der Waals surface area contributed by atoms with Crippen molar-refractivity contribution in [2.45, 2.75) is 18.7 Å². The Balaban J connectivity index is 2.65. The largest absolute Gasteiger partial charge is 0.421 e. The van der Waals surface area contributed by atoms with Crippen LogP contribution in [0.2, 0.25) is 0 Å². The number of halogens is 4. The highest BCUT2D eigenvalue weighted by atomic mass is 79.9. The Morgan fingerprint density at radius 1 is 1.29 bits per heavy atom. The molecule has 0 saturated carbocycles. The van der Waals surface area contributed by atoms with Gasteiger partial charge in [-0.2, -0.15) is 13.2 Å². The first-order valence-corrected chi connectivity index (χ1v) is 5.59. The summed E-state index contributed by atoms with van der Waals surface area (Å²) in [5.74, 6) is 0. The molecule has 1 heterocycles. The molecule has 1 aromatic carbocycles. The van der Waals surface area contributed by atoms with Crippen LogP contribution in [0.3, 0.4) is 0 Å². The minimum Gasteiger partial charge on any atom is -0.376 e. The lowest BCUT2D eigenvalue weighted by Crippen LogP contribution is -2.39. The summed E-state index contributed by atoms with van der Waals surface area (Å²) in [6.07, 6.45) is -3.53. The van der Waals surface area contributed by atoms with Crippen LogP contribution in [0.4, 0.5) is 13.2 Å². The van der Waals surface area contributed by atoms with E-state index < -0.39 is 11.8 Å². The first-order valence-electron chi connectivity index (χ1n) is 4.79. The van der Waals surface area contributed by atoms with Crippen molar-refractivity contribution in [1.29, 1.82) is 0 Å². The van der Waals surface area contributed by atoms with Crippen molar-refractivity contribution in [1.82, 2.24) is 4.98 Å². The zero-order chi connectivity index (χ0) is 12.8. The van der Waals surface area contributed by atoms with Crippen LogP contribution < -0.4 is 0 Å². The summed E-state index contributed by atoms with van der Waals surface area (Å²) in [4.78, 5) is 2.72. The van der Waals surface area contributed by atoms with E-state index in [1.54, 1.807) is 12.1 Å². The Bertz CT molecular complexity index is 559. The summed E-state index contributed by atoms with van der Waals surface area (Å²) in [5.41, 5.74) is -2.49. The van der Waals surface area contributed by atoms with Crippen LogP contribution in [0.25, 0.3) is 10.9 Å². The molecule has 2 aromatic rings. The van der Waals surface area contributed by atoms with Crippen LogP contribution in [-0.2, 0) is 5.60 Å². The molecule has 2 nitrogen and oxygen atoms in total. The van der Waals surface area contributed by atoms with Gasteiger partial charge in [-0.15, -0.1) is 0 Å². The summed E-state index contributed by atoms with van der Waals surface area (Å²) in [6, 6.07) is 4.82. The molecule has 92 valence electrons. The van der Waals surface area contributed by atoms with Gasteiger partial charge in [-0.1, -0.05) is 22.0 Å². The second-order valence-electron chi connectivity index (χ2n) is 3.96. The normalized spacial score (nSPS) is 16.1. The average Bonchev–Trinajstić information content (AvgIpc) is 2.58. The first kappa shape index (κ1) is 12.4. The van der Waals surface area contributed by atoms with Crippen LogP contribution in [0.15, 0.2) is 28.9 Å². The lowest BCUT2D eigenvalue weighted by molar-refractivity contribution is -0.258. The maximum absolute atomic E-state index is 12.7. The van der Waals surface area contributed by atoms with Gasteiger partial charge in [-0.25, -0.2) is 0 Å². The van der Waals surface area contributed by atoms with Crippen LogP contribution >= 0.6 is 15.9 Å². The smallest absolute Gasteiger partial charge is 0.376 e. The van der Waals surface area contributed by atoms with Crippen molar-refractivity contribution in [3.05, 3.63) is 34.4 Å². The van der Waals surface area contributed by atoms with E-state index in [0.717, 1.165) is 11.4 Å². The topological polar surface area (TPSA) is 36.0 Å². The molecule has 0 bridgehead atoms. The van der Waals surface area contributed by atoms with Gasteiger partial charge < -0.3 is 10.1 Å². The number of rotatable bonds is 1. The molecule has 0 aliphatic carbocycles. The summed E-state index contributed by atoms with van der Waals surface area (Å²) >= 11 is 3.23. The van der Waals surface area contributed by atoms with E-state index in [2.05, 4.69) is 20.9 Å². The van der Waals surface area contributed by atoms with E-state index in [-0.39, 0.29) is 5.56 Å². The Hall–Kier alpha value is -1.01. The van der Waals surface area contributed by atoms with Crippen LogP contribution in [0, 0.1) is 0 Å². The Morgan fingerprint density at radius 2 is 1.94 bits per heavy atom. The highest BCUT2D eigenvalue weighted by Gasteiger charge is 2.52. The molecular weight excluding hydrogens is 299 g/mol. The Labute approximate surface area is 104 Å². The van der Waals surface area contributed by atoms with Gasteiger partial charge in [0, 0.05) is 27.1 Å². The van der Waals surface area contributed by atoms with Gasteiger partial charge in [0.2, 0.25) is 0 Å². The summed E-state index contributed by atoms with van der Waals surface area (Å²) in [6.45, 7) is 0.748. The molecule has 0 fully saturated rings. The van der Waals surface area contributed by atoms with E-state index >= 15 is 0 Å². The summed E-state index contributed by atoms with van der Waals surface area (Å²) in [5, 5.41) is 9.98. The number of fused-ring (bicyclic) bond motifs is 1. The molecule has 0 saturated heterocycles. The maximum Gasteiger partial charge on any atom is 0.421 e. The predicted molar refractivity (Wildman–Crippen MR) is 61.6 cm³/mol. The highest BCUT2D eigenvalue weighted by molar-refractivity contribution is 9.10. The number of nitrogens with one attached hydrogen (secondary N) is 1. The Morgan fingerprint density at radius 3 is 2.53 bits per heavy atom. The zero-order valence-electron chi connectivity index (χ0n) is 8.77. The predicted octanol–water partition coefficient (Wildman–Crippen LogP) is 3.70. The molecule has 0 aliphatic heterocycles. The van der Waals surface area contributed by atoms with Crippen molar-refractivity contribution >= 4 is 26.8 Å². The van der Waals surface area contributed by atoms with Crippen molar-refractivity contribution in [3.63, 3.8) is 0 Å². The van der Waals surface area contributed by atoms with Gasteiger partial charge in [0.05, 0.1) is 0 Å². The molecule has 1 aromatic heterocycles. The van der Waals surface area contributed by atoms with Crippen molar-refractivity contribution < 1.29 is 18.3 Å². The van der Waals surface area contributed by atoms with E-state index in [0.29, 0.717) is 10.9 Å². The molecule has 0 aliphatic rings. The Kier molecular flexibility index (Phi) is 2.74. The van der Waals surface area contributed by atoms with Crippen LogP contribution in [0.5, 0.6) is 0 Å². The number of hydrogen-bond donors (Lipinski definition) is 2. The van der Waals surface area contributed by atoms with Crippen LogP contribution in [0.1, 0.15) is 12.5 Å². The molecule has 1 atom stereocenters. The summed E-state index contributed by atoms with van der Waals surface area (Å²) in [7, 11) is 0. The average molecular weight is 308 g/mol. The number of aromatic amines is 1. The number of alkyl halides is 3. The maximum atomic E-state index is 12.7. The standard InChI is InChI=1S/C11H9BrF3NO/c1-10(17,11(13,14)15)8-5-16-9-4-6(12)2-3-7(8)9/h2-5,16-17H,1H3. The third-order valence-electron chi connectivity index (χ3n) is 2.72. The van der Waals surface area contributed by atoms with E-state index in [4.69, 9.17) is 0 Å². The zero-order valence-corrected chi connectivity index (χ0v) is 10.4. The highest BCUT2D eigenvalue weighted by Crippen LogP contribution is 2.41. The number of aliphatic hydroxyl groups is 1. The number of hydrogen-bond acceptors (Lipinski definition) is 1. The quantitative estimate of drug-likeness (QED) is 0.828. The second kappa shape index (κ2) is 3.74. The summed E-state index contributed by atoms with van der Waals surface area (Å²) < 4.78 is 38.9. The third kappa shape index (κ3) is 1.95. The molecule has 0 amide bonds. The third-order valence-corrected chi connectivity index (χ3v) is 3.21. The monoisotopic (exact) mass is 307 g/mol. The van der Waals surface area contributed by atoms with E-state index in [9.17, 15) is 18.3 Å². The van der Waals surface area contributed by atoms with Gasteiger partial charge in [0.15, 0.2) is 5.60 Å². The van der Waals surface area contributed by atoms with E-state index in [1.165, 1.54) is 12.3 Å². The van der Waals surface area contributed by atoms with Gasteiger partial charge in [0.25, 0.3) is 0 Å². The van der Waals surface area contributed by atoms with Crippen LogP contribution in [-0.4, -0.2) is 16.3 Å².